The van der Waals surface area contributed by atoms with Gasteiger partial charge in [-0.15, -0.1) is 11.3 Å². The summed E-state index contributed by atoms with van der Waals surface area (Å²) in [6, 6.07) is 16.2. The molecular weight excluding hydrogens is 388 g/mol. The number of carbonyl (C=O) groups is 1. The zero-order valence-electron chi connectivity index (χ0n) is 15.9. The summed E-state index contributed by atoms with van der Waals surface area (Å²) in [5, 5.41) is 3.02. The Morgan fingerprint density at radius 3 is 2.79 bits per heavy atom. The van der Waals surface area contributed by atoms with Crippen LogP contribution in [0.2, 0.25) is 0 Å². The van der Waals surface area contributed by atoms with Gasteiger partial charge in [0.2, 0.25) is 5.91 Å². The molecule has 0 unspecified atom stereocenters. The van der Waals surface area contributed by atoms with Gasteiger partial charge in [0.05, 0.1) is 16.0 Å². The summed E-state index contributed by atoms with van der Waals surface area (Å²) in [4.78, 5) is 21.8. The Hall–Kier alpha value is -1.93. The van der Waals surface area contributed by atoms with E-state index in [0.29, 0.717) is 5.75 Å². The van der Waals surface area contributed by atoms with Crippen molar-refractivity contribution in [3.8, 4) is 0 Å². The van der Waals surface area contributed by atoms with E-state index in [1.165, 1.54) is 17.3 Å². The van der Waals surface area contributed by atoms with Gasteiger partial charge < -0.3 is 10.2 Å². The van der Waals surface area contributed by atoms with Gasteiger partial charge in [0.15, 0.2) is 4.34 Å². The topological polar surface area (TPSA) is 48.5 Å². The number of thioether (sulfide) groups is 1. The average molecular weight is 413 g/mol. The Bertz CT molecular complexity index is 917. The molecule has 28 heavy (non-hydrogen) atoms. The number of rotatable bonds is 6. The standard InChI is InChI=1S/C21H24N4OS2/c1-24-9-11-25(12-10-24)14-16-5-4-6-17(13-16)22-20(26)15-27-21-23-18-7-2-3-8-19(18)28-21/h2-8,13H,9-12,14-15H2,1H3,(H,22,26). The van der Waals surface area contributed by atoms with Gasteiger partial charge in [0.25, 0.3) is 0 Å². The second-order valence-corrected chi connectivity index (χ2v) is 9.32. The number of piperazine rings is 1. The predicted octanol–water partition coefficient (Wildman–Crippen LogP) is 3.77. The molecule has 4 rings (SSSR count). The minimum Gasteiger partial charge on any atom is -0.325 e. The highest BCUT2D eigenvalue weighted by molar-refractivity contribution is 8.01. The second-order valence-electron chi connectivity index (χ2n) is 7.06. The van der Waals surface area contributed by atoms with Crippen LogP contribution in [-0.2, 0) is 11.3 Å². The van der Waals surface area contributed by atoms with E-state index >= 15 is 0 Å². The van der Waals surface area contributed by atoms with Crippen molar-refractivity contribution >= 4 is 44.9 Å². The Morgan fingerprint density at radius 2 is 1.96 bits per heavy atom. The van der Waals surface area contributed by atoms with Crippen molar-refractivity contribution in [1.82, 2.24) is 14.8 Å². The largest absolute Gasteiger partial charge is 0.325 e. The molecule has 1 amide bonds. The maximum atomic E-state index is 12.4. The number of thiazole rings is 1. The first-order valence-electron chi connectivity index (χ1n) is 9.44. The van der Waals surface area contributed by atoms with Crippen LogP contribution in [0.5, 0.6) is 0 Å². The lowest BCUT2D eigenvalue weighted by molar-refractivity contribution is -0.113. The summed E-state index contributed by atoms with van der Waals surface area (Å²) in [6.45, 7) is 5.33. The van der Waals surface area contributed by atoms with Crippen LogP contribution in [0.3, 0.4) is 0 Å². The summed E-state index contributed by atoms with van der Waals surface area (Å²) in [6.07, 6.45) is 0. The molecule has 0 spiro atoms. The van der Waals surface area contributed by atoms with Gasteiger partial charge in [-0.25, -0.2) is 4.98 Å². The number of amides is 1. The number of nitrogens with zero attached hydrogens (tertiary/aromatic N) is 3. The van der Waals surface area contributed by atoms with Gasteiger partial charge >= 0.3 is 0 Å². The summed E-state index contributed by atoms with van der Waals surface area (Å²) in [7, 11) is 2.17. The minimum absolute atomic E-state index is 0.000929. The molecule has 2 heterocycles. The molecule has 7 heteroatoms. The van der Waals surface area contributed by atoms with Crippen LogP contribution >= 0.6 is 23.1 Å². The number of hydrogen-bond donors (Lipinski definition) is 1. The smallest absolute Gasteiger partial charge is 0.234 e. The van der Waals surface area contributed by atoms with Gasteiger partial charge in [-0.3, -0.25) is 9.69 Å². The number of para-hydroxylation sites is 1. The van der Waals surface area contributed by atoms with E-state index < -0.39 is 0 Å². The second kappa shape index (κ2) is 9.05. The molecule has 2 aromatic carbocycles. The predicted molar refractivity (Wildman–Crippen MR) is 118 cm³/mol. The highest BCUT2D eigenvalue weighted by Gasteiger charge is 2.14. The first-order valence-corrected chi connectivity index (χ1v) is 11.2. The number of carbonyl (C=O) groups excluding carboxylic acids is 1. The molecular formula is C21H24N4OS2. The monoisotopic (exact) mass is 412 g/mol. The zero-order valence-corrected chi connectivity index (χ0v) is 17.6. The highest BCUT2D eigenvalue weighted by Crippen LogP contribution is 2.29. The number of likely N-dealkylation sites (N-methyl/N-ethyl adjacent to an activating group) is 1. The Labute approximate surface area is 173 Å². The third kappa shape index (κ3) is 5.11. The molecule has 0 aliphatic carbocycles. The molecule has 0 saturated carbocycles. The fourth-order valence-corrected chi connectivity index (χ4v) is 5.12. The molecule has 146 valence electrons. The van der Waals surface area contributed by atoms with Crippen molar-refractivity contribution in [2.24, 2.45) is 0 Å². The zero-order chi connectivity index (χ0) is 19.3. The molecule has 0 bridgehead atoms. The highest BCUT2D eigenvalue weighted by atomic mass is 32.2. The van der Waals surface area contributed by atoms with E-state index in [-0.39, 0.29) is 5.91 Å². The summed E-state index contributed by atoms with van der Waals surface area (Å²) >= 11 is 3.12. The molecule has 1 aliphatic rings. The molecule has 1 fully saturated rings. The van der Waals surface area contributed by atoms with Crippen molar-refractivity contribution < 1.29 is 4.79 Å². The van der Waals surface area contributed by atoms with E-state index in [2.05, 4.69) is 45.3 Å². The Kier molecular flexibility index (Phi) is 6.26. The molecule has 1 N–H and O–H groups in total. The van der Waals surface area contributed by atoms with E-state index in [1.54, 1.807) is 11.3 Å². The van der Waals surface area contributed by atoms with Crippen LogP contribution in [0, 0.1) is 0 Å². The van der Waals surface area contributed by atoms with Gasteiger partial charge in [0, 0.05) is 38.4 Å². The lowest BCUT2D eigenvalue weighted by Crippen LogP contribution is -2.43. The van der Waals surface area contributed by atoms with Crippen molar-refractivity contribution in [1.29, 1.82) is 0 Å². The maximum absolute atomic E-state index is 12.4. The van der Waals surface area contributed by atoms with Crippen molar-refractivity contribution in [2.75, 3.05) is 44.3 Å². The number of hydrogen-bond acceptors (Lipinski definition) is 6. The molecule has 1 saturated heterocycles. The quantitative estimate of drug-likeness (QED) is 0.625. The van der Waals surface area contributed by atoms with Crippen LogP contribution in [0.15, 0.2) is 52.9 Å². The molecule has 5 nitrogen and oxygen atoms in total. The molecule has 1 aromatic heterocycles. The summed E-state index contributed by atoms with van der Waals surface area (Å²) < 4.78 is 2.09. The lowest BCUT2D eigenvalue weighted by atomic mass is 10.1. The van der Waals surface area contributed by atoms with Crippen molar-refractivity contribution in [3.63, 3.8) is 0 Å². The number of anilines is 1. The first kappa shape index (κ1) is 19.4. The van der Waals surface area contributed by atoms with Crippen molar-refractivity contribution in [3.05, 3.63) is 54.1 Å². The van der Waals surface area contributed by atoms with Gasteiger partial charge in [0.1, 0.15) is 0 Å². The number of fused-ring (bicyclic) bond motifs is 1. The van der Waals surface area contributed by atoms with E-state index in [4.69, 9.17) is 0 Å². The summed E-state index contributed by atoms with van der Waals surface area (Å²) in [5.74, 6) is 0.365. The number of aromatic nitrogens is 1. The van der Waals surface area contributed by atoms with Crippen molar-refractivity contribution in [2.45, 2.75) is 10.9 Å². The number of benzene rings is 2. The fourth-order valence-electron chi connectivity index (χ4n) is 3.25. The third-order valence-corrected chi connectivity index (χ3v) is 6.99. The maximum Gasteiger partial charge on any atom is 0.234 e. The van der Waals surface area contributed by atoms with Crippen LogP contribution < -0.4 is 5.32 Å². The van der Waals surface area contributed by atoms with Gasteiger partial charge in [-0.05, 0) is 36.9 Å². The Balaban J connectivity index is 1.30. The van der Waals surface area contributed by atoms with Gasteiger partial charge in [-0.2, -0.15) is 0 Å². The molecule has 0 radical (unpaired) electrons. The SMILES string of the molecule is CN1CCN(Cc2cccc(NC(=O)CSc3nc4ccccc4s3)c2)CC1. The molecule has 1 aliphatic heterocycles. The van der Waals surface area contributed by atoms with E-state index in [1.807, 2.05) is 30.3 Å². The van der Waals surface area contributed by atoms with E-state index in [9.17, 15) is 4.79 Å². The summed E-state index contributed by atoms with van der Waals surface area (Å²) in [5.41, 5.74) is 3.09. The lowest BCUT2D eigenvalue weighted by Gasteiger charge is -2.32. The third-order valence-electron chi connectivity index (χ3n) is 4.81. The minimum atomic E-state index is 0.000929. The fraction of sp³-hybridized carbons (Fsp3) is 0.333. The average Bonchev–Trinajstić information content (AvgIpc) is 3.12. The molecule has 0 atom stereocenters. The van der Waals surface area contributed by atoms with Crippen LogP contribution in [0.25, 0.3) is 10.2 Å². The first-order chi connectivity index (χ1) is 13.7. The number of nitrogens with one attached hydrogen (secondary N) is 1. The normalized spacial score (nSPS) is 15.8. The van der Waals surface area contributed by atoms with E-state index in [0.717, 1.165) is 53.0 Å². The van der Waals surface area contributed by atoms with Gasteiger partial charge in [-0.1, -0.05) is 36.0 Å². The Morgan fingerprint density at radius 1 is 1.14 bits per heavy atom. The van der Waals surface area contributed by atoms with Crippen LogP contribution in [-0.4, -0.2) is 59.7 Å². The van der Waals surface area contributed by atoms with Crippen LogP contribution in [0.1, 0.15) is 5.56 Å². The molecule has 3 aromatic rings. The van der Waals surface area contributed by atoms with Crippen LogP contribution in [0.4, 0.5) is 5.69 Å².